The van der Waals surface area contributed by atoms with Gasteiger partial charge in [0.05, 0.1) is 0 Å². The highest BCUT2D eigenvalue weighted by Gasteiger charge is 2.35. The maximum absolute atomic E-state index is 3.68. The van der Waals surface area contributed by atoms with Crippen LogP contribution >= 0.6 is 11.3 Å². The van der Waals surface area contributed by atoms with E-state index in [2.05, 4.69) is 56.8 Å². The van der Waals surface area contributed by atoms with Gasteiger partial charge in [0.25, 0.3) is 0 Å². The predicted molar refractivity (Wildman–Crippen MR) is 94.9 cm³/mol. The van der Waals surface area contributed by atoms with Gasteiger partial charge < -0.3 is 5.32 Å². The Morgan fingerprint density at radius 1 is 1.24 bits per heavy atom. The van der Waals surface area contributed by atoms with E-state index in [9.17, 15) is 0 Å². The third kappa shape index (κ3) is 5.10. The van der Waals surface area contributed by atoms with E-state index in [1.54, 1.807) is 5.56 Å². The van der Waals surface area contributed by atoms with Gasteiger partial charge in [-0.3, -0.25) is 0 Å². The Morgan fingerprint density at radius 3 is 2.57 bits per heavy atom. The smallest absolute Gasteiger partial charge is 0.00104 e. The number of rotatable bonds is 5. The van der Waals surface area contributed by atoms with Crippen LogP contribution in [0, 0.1) is 23.2 Å². The fourth-order valence-electron chi connectivity index (χ4n) is 3.73. The highest BCUT2D eigenvalue weighted by atomic mass is 32.1. The molecule has 0 aromatic carbocycles. The van der Waals surface area contributed by atoms with Crippen LogP contribution in [0.2, 0.25) is 0 Å². The molecule has 0 saturated heterocycles. The first-order valence-corrected chi connectivity index (χ1v) is 9.55. The monoisotopic (exact) mass is 307 g/mol. The van der Waals surface area contributed by atoms with Crippen molar-refractivity contribution in [2.75, 3.05) is 6.54 Å². The fraction of sp³-hybridized carbons (Fsp3) is 0.789. The summed E-state index contributed by atoms with van der Waals surface area (Å²) in [7, 11) is 0. The Labute approximate surface area is 135 Å². The molecule has 1 fully saturated rings. The lowest BCUT2D eigenvalue weighted by Crippen LogP contribution is -2.39. The lowest BCUT2D eigenvalue weighted by Gasteiger charge is -2.42. The van der Waals surface area contributed by atoms with Gasteiger partial charge in [-0.05, 0) is 77.8 Å². The molecule has 0 radical (unpaired) electrons. The quantitative estimate of drug-likeness (QED) is 0.771. The van der Waals surface area contributed by atoms with E-state index in [1.807, 2.05) is 11.3 Å². The van der Waals surface area contributed by atoms with Crippen LogP contribution in [0.4, 0.5) is 0 Å². The van der Waals surface area contributed by atoms with Crippen LogP contribution < -0.4 is 5.32 Å². The maximum atomic E-state index is 3.68. The Bertz CT molecular complexity index is 402. The van der Waals surface area contributed by atoms with E-state index < -0.39 is 0 Å². The van der Waals surface area contributed by atoms with E-state index in [4.69, 9.17) is 0 Å². The van der Waals surface area contributed by atoms with Gasteiger partial charge in [-0.1, -0.05) is 34.6 Å². The van der Waals surface area contributed by atoms with Crippen molar-refractivity contribution in [3.8, 4) is 0 Å². The highest BCUT2D eigenvalue weighted by Crippen LogP contribution is 2.43. The Kier molecular flexibility index (Phi) is 5.90. The molecule has 2 heteroatoms. The normalized spacial score (nSPS) is 27.2. The second kappa shape index (κ2) is 7.28. The number of nitrogens with one attached hydrogen (secondary N) is 1. The van der Waals surface area contributed by atoms with E-state index in [1.165, 1.54) is 32.2 Å². The molecule has 1 N–H and O–H groups in total. The third-order valence-electron chi connectivity index (χ3n) is 5.23. The van der Waals surface area contributed by atoms with Crippen LogP contribution in [-0.2, 0) is 6.42 Å². The van der Waals surface area contributed by atoms with Gasteiger partial charge in [-0.2, -0.15) is 11.3 Å². The lowest BCUT2D eigenvalue weighted by molar-refractivity contribution is 0.0962. The summed E-state index contributed by atoms with van der Waals surface area (Å²) in [5.41, 5.74) is 2.01. The zero-order valence-corrected chi connectivity index (χ0v) is 15.3. The highest BCUT2D eigenvalue weighted by molar-refractivity contribution is 7.07. The largest absolute Gasteiger partial charge is 0.314 e. The minimum atomic E-state index is 0.462. The molecule has 2 rings (SSSR count). The first-order valence-electron chi connectivity index (χ1n) is 8.60. The molecule has 1 saturated carbocycles. The maximum Gasteiger partial charge on any atom is 0.00104 e. The fourth-order valence-corrected chi connectivity index (χ4v) is 4.41. The van der Waals surface area contributed by atoms with Gasteiger partial charge in [0.1, 0.15) is 0 Å². The Balaban J connectivity index is 2.02. The van der Waals surface area contributed by atoms with Crippen LogP contribution in [0.3, 0.4) is 0 Å². The Hall–Kier alpha value is -0.340. The van der Waals surface area contributed by atoms with Crippen molar-refractivity contribution >= 4 is 11.3 Å². The predicted octanol–water partition coefficient (Wildman–Crippen LogP) is 5.37. The molecule has 0 aliphatic heterocycles. The van der Waals surface area contributed by atoms with Crippen molar-refractivity contribution < 1.29 is 0 Å². The summed E-state index contributed by atoms with van der Waals surface area (Å²) in [5.74, 6) is 2.59. The zero-order chi connectivity index (χ0) is 15.5. The van der Waals surface area contributed by atoms with E-state index in [0.717, 1.165) is 17.8 Å². The molecule has 3 atom stereocenters. The molecular formula is C19H33NS. The molecule has 21 heavy (non-hydrogen) atoms. The molecule has 1 aliphatic carbocycles. The van der Waals surface area contributed by atoms with Gasteiger partial charge in [-0.25, -0.2) is 0 Å². The molecule has 1 aliphatic rings. The molecule has 1 nitrogen and oxygen atoms in total. The summed E-state index contributed by atoms with van der Waals surface area (Å²) in [6.45, 7) is 13.0. The molecule has 120 valence electrons. The van der Waals surface area contributed by atoms with Crippen molar-refractivity contribution in [1.82, 2.24) is 5.32 Å². The molecule has 0 amide bonds. The molecule has 1 aromatic heterocycles. The third-order valence-corrected chi connectivity index (χ3v) is 5.96. The summed E-state index contributed by atoms with van der Waals surface area (Å²) in [4.78, 5) is 0. The van der Waals surface area contributed by atoms with Crippen LogP contribution in [0.15, 0.2) is 16.8 Å². The van der Waals surface area contributed by atoms with Crippen LogP contribution in [0.1, 0.15) is 59.4 Å². The van der Waals surface area contributed by atoms with Crippen molar-refractivity contribution in [1.29, 1.82) is 0 Å². The average Bonchev–Trinajstić information content (AvgIpc) is 2.88. The number of thiophene rings is 1. The minimum absolute atomic E-state index is 0.462. The molecule has 1 heterocycles. The van der Waals surface area contributed by atoms with Gasteiger partial charge in [0, 0.05) is 6.04 Å². The summed E-state index contributed by atoms with van der Waals surface area (Å²) in [6, 6.07) is 2.92. The van der Waals surface area contributed by atoms with Crippen LogP contribution in [0.25, 0.3) is 0 Å². The second-order valence-corrected chi connectivity index (χ2v) is 9.07. The first-order chi connectivity index (χ1) is 9.86. The lowest BCUT2D eigenvalue weighted by atomic mass is 9.64. The number of hydrogen-bond donors (Lipinski definition) is 1. The minimum Gasteiger partial charge on any atom is -0.314 e. The Morgan fingerprint density at radius 2 is 2.00 bits per heavy atom. The summed E-state index contributed by atoms with van der Waals surface area (Å²) in [5, 5.41) is 8.24. The van der Waals surface area contributed by atoms with Crippen molar-refractivity contribution in [3.63, 3.8) is 0 Å². The van der Waals surface area contributed by atoms with E-state index >= 15 is 0 Å². The van der Waals surface area contributed by atoms with Crippen molar-refractivity contribution in [3.05, 3.63) is 22.4 Å². The standard InChI is InChI=1S/C19H33NS/c1-14(2)20-12-16-6-7-18(19(3,4)5)11-17(16)10-15-8-9-21-13-15/h8-9,13-14,16-18,20H,6-7,10-12H2,1-5H3. The number of hydrogen-bond acceptors (Lipinski definition) is 2. The first kappa shape index (κ1) is 17.0. The SMILES string of the molecule is CC(C)NCC1CCC(C(C)(C)C)CC1Cc1ccsc1. The van der Waals surface area contributed by atoms with Gasteiger partial charge in [-0.15, -0.1) is 0 Å². The van der Waals surface area contributed by atoms with E-state index in [0.29, 0.717) is 11.5 Å². The van der Waals surface area contributed by atoms with Crippen molar-refractivity contribution in [2.45, 2.75) is 66.3 Å². The van der Waals surface area contributed by atoms with E-state index in [-0.39, 0.29) is 0 Å². The topological polar surface area (TPSA) is 12.0 Å². The molecule has 0 bridgehead atoms. The average molecular weight is 308 g/mol. The van der Waals surface area contributed by atoms with Gasteiger partial charge in [0.2, 0.25) is 0 Å². The summed E-state index contributed by atoms with van der Waals surface area (Å²) < 4.78 is 0. The summed E-state index contributed by atoms with van der Waals surface area (Å²) >= 11 is 1.84. The molecule has 3 unspecified atom stereocenters. The zero-order valence-electron chi connectivity index (χ0n) is 14.5. The van der Waals surface area contributed by atoms with Crippen LogP contribution in [0.5, 0.6) is 0 Å². The van der Waals surface area contributed by atoms with Crippen LogP contribution in [-0.4, -0.2) is 12.6 Å². The molecular weight excluding hydrogens is 274 g/mol. The second-order valence-electron chi connectivity index (χ2n) is 8.29. The van der Waals surface area contributed by atoms with Gasteiger partial charge >= 0.3 is 0 Å². The van der Waals surface area contributed by atoms with Gasteiger partial charge in [0.15, 0.2) is 0 Å². The summed E-state index contributed by atoms with van der Waals surface area (Å²) in [6.07, 6.45) is 5.49. The molecule has 1 aromatic rings. The molecule has 0 spiro atoms. The van der Waals surface area contributed by atoms with Crippen molar-refractivity contribution in [2.24, 2.45) is 23.2 Å².